The van der Waals surface area contributed by atoms with Crippen LogP contribution in [-0.4, -0.2) is 52.9 Å². The topological polar surface area (TPSA) is 50.4 Å². The highest BCUT2D eigenvalue weighted by molar-refractivity contribution is 7.99. The quantitative estimate of drug-likeness (QED) is 0.594. The van der Waals surface area contributed by atoms with Crippen LogP contribution >= 0.6 is 23.4 Å². The summed E-state index contributed by atoms with van der Waals surface area (Å²) in [7, 11) is 0. The van der Waals surface area contributed by atoms with Crippen LogP contribution in [0.2, 0.25) is 0 Å². The van der Waals surface area contributed by atoms with Crippen LogP contribution < -0.4 is 10.6 Å². The van der Waals surface area contributed by atoms with Gasteiger partial charge in [0, 0.05) is 22.5 Å². The van der Waals surface area contributed by atoms with Crippen molar-refractivity contribution in [1.82, 2.24) is 10.6 Å². The summed E-state index contributed by atoms with van der Waals surface area (Å²) in [6, 6.07) is 0.482. The van der Waals surface area contributed by atoms with E-state index in [1.54, 1.807) is 6.92 Å². The van der Waals surface area contributed by atoms with E-state index in [0.717, 1.165) is 31.6 Å². The first-order valence-electron chi connectivity index (χ1n) is 8.62. The van der Waals surface area contributed by atoms with Crippen molar-refractivity contribution in [3.05, 3.63) is 0 Å². The molecule has 0 aromatic heterocycles. The number of rotatable bonds is 4. The van der Waals surface area contributed by atoms with Crippen molar-refractivity contribution in [3.63, 3.8) is 0 Å². The Morgan fingerprint density at radius 3 is 2.83 bits per heavy atom. The molecule has 3 aliphatic rings. The molecule has 2 N–H and O–H groups in total. The van der Waals surface area contributed by atoms with E-state index in [0.29, 0.717) is 24.1 Å². The summed E-state index contributed by atoms with van der Waals surface area (Å²) in [5.74, 6) is 0.806. The number of carbonyl (C=O) groups is 1. The molecule has 23 heavy (non-hydrogen) atoms. The number of hydrogen-bond acceptors (Lipinski definition) is 4. The van der Waals surface area contributed by atoms with Gasteiger partial charge in [-0.2, -0.15) is 0 Å². The summed E-state index contributed by atoms with van der Waals surface area (Å²) in [6.45, 7) is 1.79. The number of alkyl halides is 2. The molecule has 7 heteroatoms. The number of ether oxygens (including phenoxy) is 1. The number of amides is 1. The largest absolute Gasteiger partial charge is 0.363 e. The molecule has 2 aliphatic carbocycles. The van der Waals surface area contributed by atoms with Gasteiger partial charge in [-0.05, 0) is 45.4 Å². The van der Waals surface area contributed by atoms with E-state index in [9.17, 15) is 9.18 Å². The van der Waals surface area contributed by atoms with Crippen molar-refractivity contribution in [3.8, 4) is 0 Å². The Labute approximate surface area is 146 Å². The highest BCUT2D eigenvalue weighted by Gasteiger charge is 2.42. The Kier molecular flexibility index (Phi) is 6.10. The van der Waals surface area contributed by atoms with Crippen LogP contribution in [0.15, 0.2) is 0 Å². The molecule has 0 radical (unpaired) electrons. The second-order valence-electron chi connectivity index (χ2n) is 6.92. The smallest absolute Gasteiger partial charge is 0.249 e. The number of nitrogens with one attached hydrogen (secondary N) is 2. The Morgan fingerprint density at radius 2 is 2.09 bits per heavy atom. The molecular weight excluding hydrogens is 339 g/mol. The first-order chi connectivity index (χ1) is 11.0. The maximum atomic E-state index is 13.1. The van der Waals surface area contributed by atoms with Gasteiger partial charge in [0.05, 0.1) is 12.1 Å². The zero-order valence-corrected chi connectivity index (χ0v) is 15.0. The molecular formula is C16H26ClFN2O2S. The van der Waals surface area contributed by atoms with Gasteiger partial charge in [-0.3, -0.25) is 4.79 Å². The van der Waals surface area contributed by atoms with Crippen molar-refractivity contribution in [1.29, 1.82) is 0 Å². The molecule has 4 nitrogen and oxygen atoms in total. The number of thioether (sulfide) groups is 1. The minimum Gasteiger partial charge on any atom is -0.363 e. The summed E-state index contributed by atoms with van der Waals surface area (Å²) in [6.07, 6.45) is 3.92. The molecule has 3 fully saturated rings. The van der Waals surface area contributed by atoms with Crippen molar-refractivity contribution in [2.75, 3.05) is 5.88 Å². The van der Waals surface area contributed by atoms with E-state index in [-0.39, 0.29) is 29.5 Å². The third-order valence-electron chi connectivity index (χ3n) is 5.20. The zero-order valence-electron chi connectivity index (χ0n) is 13.5. The average Bonchev–Trinajstić information content (AvgIpc) is 2.52. The van der Waals surface area contributed by atoms with Gasteiger partial charge in [0.25, 0.3) is 0 Å². The average molecular weight is 365 g/mol. The molecule has 1 heterocycles. The van der Waals surface area contributed by atoms with Crippen molar-refractivity contribution in [2.45, 2.75) is 86.5 Å². The van der Waals surface area contributed by atoms with Gasteiger partial charge in [0.15, 0.2) is 0 Å². The third-order valence-corrected chi connectivity index (χ3v) is 7.11. The Bertz CT molecular complexity index is 423. The molecule has 3 rings (SSSR count). The minimum absolute atomic E-state index is 0.0358. The molecule has 0 aromatic rings. The predicted molar refractivity (Wildman–Crippen MR) is 91.7 cm³/mol. The molecule has 2 saturated carbocycles. The highest BCUT2D eigenvalue weighted by atomic mass is 35.5. The van der Waals surface area contributed by atoms with Gasteiger partial charge in [-0.25, -0.2) is 4.39 Å². The van der Waals surface area contributed by atoms with E-state index in [1.807, 2.05) is 11.8 Å². The number of hydrogen-bond donors (Lipinski definition) is 2. The molecule has 0 spiro atoms. The molecule has 0 aromatic carbocycles. The van der Waals surface area contributed by atoms with Crippen LogP contribution in [0.25, 0.3) is 0 Å². The van der Waals surface area contributed by atoms with Crippen molar-refractivity contribution < 1.29 is 13.9 Å². The Morgan fingerprint density at radius 1 is 1.35 bits per heavy atom. The van der Waals surface area contributed by atoms with Crippen LogP contribution in [0.1, 0.15) is 45.4 Å². The van der Waals surface area contributed by atoms with E-state index >= 15 is 0 Å². The van der Waals surface area contributed by atoms with Gasteiger partial charge >= 0.3 is 0 Å². The first kappa shape index (κ1) is 17.8. The molecule has 1 saturated heterocycles. The number of morpholine rings is 1. The van der Waals surface area contributed by atoms with E-state index in [2.05, 4.69) is 10.6 Å². The fourth-order valence-corrected chi connectivity index (χ4v) is 5.42. The lowest BCUT2D eigenvalue weighted by atomic mass is 9.90. The van der Waals surface area contributed by atoms with E-state index in [1.165, 1.54) is 0 Å². The van der Waals surface area contributed by atoms with Gasteiger partial charge in [0.2, 0.25) is 5.91 Å². The van der Waals surface area contributed by atoms with E-state index < -0.39 is 6.17 Å². The molecule has 1 amide bonds. The third kappa shape index (κ3) is 4.53. The predicted octanol–water partition coefficient (Wildman–Crippen LogP) is 2.59. The van der Waals surface area contributed by atoms with Crippen LogP contribution in [0.5, 0.6) is 0 Å². The van der Waals surface area contributed by atoms with Gasteiger partial charge < -0.3 is 15.4 Å². The number of carbonyl (C=O) groups excluding carboxylic acids is 1. The lowest BCUT2D eigenvalue weighted by Crippen LogP contribution is -2.59. The SMILES string of the molecule is CC1OC2CC(SCNC3CCC(F)CC3)C(Cl)CC2NC1=O. The lowest BCUT2D eigenvalue weighted by molar-refractivity contribution is -0.149. The second kappa shape index (κ2) is 7.89. The van der Waals surface area contributed by atoms with Crippen LogP contribution in [0.3, 0.4) is 0 Å². The summed E-state index contributed by atoms with van der Waals surface area (Å²) >= 11 is 8.35. The lowest BCUT2D eigenvalue weighted by Gasteiger charge is -2.43. The normalized spacial score (nSPS) is 44.5. The van der Waals surface area contributed by atoms with Crippen LogP contribution in [-0.2, 0) is 9.53 Å². The maximum Gasteiger partial charge on any atom is 0.249 e. The standard InChI is InChI=1S/C16H26ClFN2O2S/c1-9-16(21)20-13-6-12(17)15(7-14(13)22-9)23-8-19-11-4-2-10(18)3-5-11/h9-15,19H,2-8H2,1H3,(H,20,21). The summed E-state index contributed by atoms with van der Waals surface area (Å²) in [4.78, 5) is 11.7. The van der Waals surface area contributed by atoms with E-state index in [4.69, 9.17) is 16.3 Å². The number of fused-ring (bicyclic) bond motifs is 1. The fraction of sp³-hybridized carbons (Fsp3) is 0.938. The molecule has 1 aliphatic heterocycles. The Balaban J connectivity index is 1.42. The van der Waals surface area contributed by atoms with Gasteiger partial charge in [-0.1, -0.05) is 0 Å². The van der Waals surface area contributed by atoms with Crippen molar-refractivity contribution >= 4 is 29.3 Å². The summed E-state index contributed by atoms with van der Waals surface area (Å²) in [5.41, 5.74) is 0. The summed E-state index contributed by atoms with van der Waals surface area (Å²) < 4.78 is 19.0. The fourth-order valence-electron chi connectivity index (χ4n) is 3.72. The van der Waals surface area contributed by atoms with Crippen LogP contribution in [0.4, 0.5) is 4.39 Å². The highest BCUT2D eigenvalue weighted by Crippen LogP contribution is 2.35. The summed E-state index contributed by atoms with van der Waals surface area (Å²) in [5, 5.41) is 6.91. The second-order valence-corrected chi connectivity index (χ2v) is 8.71. The maximum absolute atomic E-state index is 13.1. The number of halogens is 2. The monoisotopic (exact) mass is 364 g/mol. The van der Waals surface area contributed by atoms with Gasteiger partial charge in [0.1, 0.15) is 12.3 Å². The first-order valence-corrected chi connectivity index (χ1v) is 10.1. The zero-order chi connectivity index (χ0) is 16.4. The molecule has 5 atom stereocenters. The molecule has 5 unspecified atom stereocenters. The van der Waals surface area contributed by atoms with Gasteiger partial charge in [-0.15, -0.1) is 23.4 Å². The molecule has 0 bridgehead atoms. The Hall–Kier alpha value is -0.0400. The van der Waals surface area contributed by atoms with Crippen molar-refractivity contribution in [2.24, 2.45) is 0 Å². The molecule has 132 valence electrons. The van der Waals surface area contributed by atoms with Crippen LogP contribution in [0, 0.1) is 0 Å². The minimum atomic E-state index is -0.608.